The van der Waals surface area contributed by atoms with E-state index in [1.807, 2.05) is 6.07 Å². The van der Waals surface area contributed by atoms with Crippen LogP contribution < -0.4 is 5.32 Å². The average Bonchev–Trinajstić information content (AvgIpc) is 2.87. The SMILES string of the molecule is Cc1cc(CNC(C)c2ccc(Cl)s2)c(C)n1C. The predicted molar refractivity (Wildman–Crippen MR) is 79.5 cm³/mol. The van der Waals surface area contributed by atoms with Crippen molar-refractivity contribution in [1.82, 2.24) is 9.88 Å². The lowest BCUT2D eigenvalue weighted by molar-refractivity contribution is 0.580. The fraction of sp³-hybridized carbons (Fsp3) is 0.429. The number of hydrogen-bond acceptors (Lipinski definition) is 2. The van der Waals surface area contributed by atoms with Gasteiger partial charge in [-0.2, -0.15) is 0 Å². The third-order valence-electron chi connectivity index (χ3n) is 3.50. The third kappa shape index (κ3) is 2.79. The summed E-state index contributed by atoms with van der Waals surface area (Å²) >= 11 is 7.60. The summed E-state index contributed by atoms with van der Waals surface area (Å²) in [5, 5.41) is 3.55. The molecule has 0 saturated carbocycles. The molecule has 2 rings (SSSR count). The van der Waals surface area contributed by atoms with Crippen molar-refractivity contribution in [3.63, 3.8) is 0 Å². The Hall–Kier alpha value is -0.770. The van der Waals surface area contributed by atoms with Crippen molar-refractivity contribution in [2.75, 3.05) is 0 Å². The monoisotopic (exact) mass is 282 g/mol. The molecular formula is C14H19ClN2S. The van der Waals surface area contributed by atoms with Gasteiger partial charge in [0.1, 0.15) is 0 Å². The van der Waals surface area contributed by atoms with Gasteiger partial charge in [0.15, 0.2) is 0 Å². The maximum Gasteiger partial charge on any atom is 0.0931 e. The predicted octanol–water partition coefficient (Wildman–Crippen LogP) is 4.21. The Morgan fingerprint density at radius 1 is 1.39 bits per heavy atom. The lowest BCUT2D eigenvalue weighted by atomic mass is 10.2. The van der Waals surface area contributed by atoms with Crippen LogP contribution in [0.25, 0.3) is 0 Å². The molecular weight excluding hydrogens is 264 g/mol. The number of aryl methyl sites for hydroxylation is 1. The molecule has 0 aliphatic carbocycles. The highest BCUT2D eigenvalue weighted by atomic mass is 35.5. The second-order valence-electron chi connectivity index (χ2n) is 4.70. The van der Waals surface area contributed by atoms with E-state index in [2.05, 4.69) is 49.8 Å². The molecule has 1 N–H and O–H groups in total. The van der Waals surface area contributed by atoms with Crippen LogP contribution in [0.1, 0.15) is 34.8 Å². The van der Waals surface area contributed by atoms with Gasteiger partial charge in [-0.25, -0.2) is 0 Å². The Balaban J connectivity index is 2.01. The van der Waals surface area contributed by atoms with Crippen LogP contribution in [0.3, 0.4) is 0 Å². The molecule has 0 spiro atoms. The number of hydrogen-bond donors (Lipinski definition) is 1. The minimum absolute atomic E-state index is 0.336. The maximum absolute atomic E-state index is 5.96. The number of thiophene rings is 1. The molecule has 1 atom stereocenters. The molecule has 2 heterocycles. The van der Waals surface area contributed by atoms with E-state index >= 15 is 0 Å². The Kier molecular flexibility index (Phi) is 4.15. The van der Waals surface area contributed by atoms with E-state index < -0.39 is 0 Å². The molecule has 0 bridgehead atoms. The van der Waals surface area contributed by atoms with Gasteiger partial charge >= 0.3 is 0 Å². The number of aromatic nitrogens is 1. The zero-order chi connectivity index (χ0) is 13.3. The molecule has 98 valence electrons. The normalized spacial score (nSPS) is 12.9. The zero-order valence-corrected chi connectivity index (χ0v) is 12.8. The number of halogens is 1. The van der Waals surface area contributed by atoms with Gasteiger partial charge in [-0.3, -0.25) is 0 Å². The van der Waals surface area contributed by atoms with Crippen molar-refractivity contribution in [2.45, 2.75) is 33.4 Å². The van der Waals surface area contributed by atoms with Crippen molar-refractivity contribution < 1.29 is 0 Å². The van der Waals surface area contributed by atoms with Gasteiger partial charge in [0.25, 0.3) is 0 Å². The molecule has 18 heavy (non-hydrogen) atoms. The van der Waals surface area contributed by atoms with Crippen LogP contribution >= 0.6 is 22.9 Å². The standard InChI is InChI=1S/C14H19ClN2S/c1-9-7-12(11(3)17(9)4)8-16-10(2)13-5-6-14(15)18-13/h5-7,10,16H,8H2,1-4H3. The van der Waals surface area contributed by atoms with E-state index in [1.165, 1.54) is 21.8 Å². The highest BCUT2D eigenvalue weighted by molar-refractivity contribution is 7.16. The van der Waals surface area contributed by atoms with Crippen LogP contribution in [0.15, 0.2) is 18.2 Å². The molecule has 0 aromatic carbocycles. The fourth-order valence-electron chi connectivity index (χ4n) is 2.04. The molecule has 0 aliphatic rings. The lowest BCUT2D eigenvalue weighted by Crippen LogP contribution is -2.17. The first kappa shape index (κ1) is 13.7. The molecule has 0 amide bonds. The number of nitrogens with one attached hydrogen (secondary N) is 1. The van der Waals surface area contributed by atoms with Crippen molar-refractivity contribution in [3.05, 3.63) is 44.4 Å². The lowest BCUT2D eigenvalue weighted by Gasteiger charge is -2.12. The van der Waals surface area contributed by atoms with E-state index in [9.17, 15) is 0 Å². The van der Waals surface area contributed by atoms with Crippen LogP contribution in [-0.4, -0.2) is 4.57 Å². The first-order valence-corrected chi connectivity index (χ1v) is 7.29. The molecule has 2 nitrogen and oxygen atoms in total. The van der Waals surface area contributed by atoms with Gasteiger partial charge in [-0.15, -0.1) is 11.3 Å². The molecule has 4 heteroatoms. The minimum Gasteiger partial charge on any atom is -0.352 e. The molecule has 0 aliphatic heterocycles. The van der Waals surface area contributed by atoms with Crippen LogP contribution in [0, 0.1) is 13.8 Å². The topological polar surface area (TPSA) is 17.0 Å². The summed E-state index contributed by atoms with van der Waals surface area (Å²) in [6.45, 7) is 7.37. The van der Waals surface area contributed by atoms with Crippen molar-refractivity contribution in [3.8, 4) is 0 Å². The Bertz CT molecular complexity index is 542. The second kappa shape index (κ2) is 5.47. The zero-order valence-electron chi connectivity index (χ0n) is 11.2. The summed E-state index contributed by atoms with van der Waals surface area (Å²) in [5.41, 5.74) is 4.00. The van der Waals surface area contributed by atoms with Crippen LogP contribution in [-0.2, 0) is 13.6 Å². The summed E-state index contributed by atoms with van der Waals surface area (Å²) < 4.78 is 3.08. The van der Waals surface area contributed by atoms with Gasteiger partial charge in [0, 0.05) is 35.9 Å². The van der Waals surface area contributed by atoms with E-state index in [4.69, 9.17) is 11.6 Å². The largest absolute Gasteiger partial charge is 0.352 e. The van der Waals surface area contributed by atoms with Crippen LogP contribution in [0.2, 0.25) is 4.34 Å². The smallest absolute Gasteiger partial charge is 0.0931 e. The Morgan fingerprint density at radius 2 is 2.11 bits per heavy atom. The number of rotatable bonds is 4. The summed E-state index contributed by atoms with van der Waals surface area (Å²) in [5.74, 6) is 0. The van der Waals surface area contributed by atoms with E-state index in [0.29, 0.717) is 6.04 Å². The molecule has 2 aromatic rings. The summed E-state index contributed by atoms with van der Waals surface area (Å²) in [4.78, 5) is 1.28. The van der Waals surface area contributed by atoms with Crippen LogP contribution in [0.5, 0.6) is 0 Å². The molecule has 0 radical (unpaired) electrons. The van der Waals surface area contributed by atoms with Gasteiger partial charge < -0.3 is 9.88 Å². The maximum atomic E-state index is 5.96. The van der Waals surface area contributed by atoms with E-state index in [1.54, 1.807) is 11.3 Å². The summed E-state index contributed by atoms with van der Waals surface area (Å²) in [6, 6.07) is 6.63. The highest BCUT2D eigenvalue weighted by Crippen LogP contribution is 2.27. The highest BCUT2D eigenvalue weighted by Gasteiger charge is 2.10. The minimum atomic E-state index is 0.336. The van der Waals surface area contributed by atoms with Gasteiger partial charge in [-0.1, -0.05) is 11.6 Å². The van der Waals surface area contributed by atoms with Gasteiger partial charge in [0.05, 0.1) is 4.34 Å². The molecule has 0 saturated heterocycles. The van der Waals surface area contributed by atoms with E-state index in [0.717, 1.165) is 10.9 Å². The molecule has 2 aromatic heterocycles. The molecule has 1 unspecified atom stereocenters. The summed E-state index contributed by atoms with van der Waals surface area (Å²) in [7, 11) is 2.11. The third-order valence-corrected chi connectivity index (χ3v) is 4.91. The van der Waals surface area contributed by atoms with E-state index in [-0.39, 0.29) is 0 Å². The van der Waals surface area contributed by atoms with Gasteiger partial charge in [0.2, 0.25) is 0 Å². The van der Waals surface area contributed by atoms with Crippen molar-refractivity contribution in [2.24, 2.45) is 7.05 Å². The molecule has 0 fully saturated rings. The second-order valence-corrected chi connectivity index (χ2v) is 6.45. The average molecular weight is 283 g/mol. The van der Waals surface area contributed by atoms with Crippen molar-refractivity contribution in [1.29, 1.82) is 0 Å². The summed E-state index contributed by atoms with van der Waals surface area (Å²) in [6.07, 6.45) is 0. The number of nitrogens with zero attached hydrogens (tertiary/aromatic N) is 1. The first-order valence-electron chi connectivity index (χ1n) is 6.09. The quantitative estimate of drug-likeness (QED) is 0.889. The van der Waals surface area contributed by atoms with Crippen LogP contribution in [0.4, 0.5) is 0 Å². The Morgan fingerprint density at radius 3 is 2.61 bits per heavy atom. The fourth-order valence-corrected chi connectivity index (χ4v) is 3.12. The first-order chi connectivity index (χ1) is 8.49. The Labute approximate surface area is 118 Å². The van der Waals surface area contributed by atoms with Gasteiger partial charge in [-0.05, 0) is 44.5 Å². The van der Waals surface area contributed by atoms with Crippen molar-refractivity contribution >= 4 is 22.9 Å².